The van der Waals surface area contributed by atoms with Gasteiger partial charge in [0.1, 0.15) is 0 Å². The zero-order valence-electron chi connectivity index (χ0n) is 10.4. The van der Waals surface area contributed by atoms with Crippen molar-refractivity contribution >= 4 is 0 Å². The number of hydrogen-bond donors (Lipinski definition) is 1. The van der Waals surface area contributed by atoms with Crippen molar-refractivity contribution in [2.24, 2.45) is 5.73 Å². The predicted octanol–water partition coefficient (Wildman–Crippen LogP) is 1.15. The van der Waals surface area contributed by atoms with E-state index in [0.717, 1.165) is 43.9 Å². The van der Waals surface area contributed by atoms with Gasteiger partial charge in [0, 0.05) is 39.0 Å². The first-order valence-electron chi connectivity index (χ1n) is 6.26. The van der Waals surface area contributed by atoms with Gasteiger partial charge in [0.2, 0.25) is 0 Å². The first-order valence-corrected chi connectivity index (χ1v) is 6.26. The van der Waals surface area contributed by atoms with E-state index in [-0.39, 0.29) is 0 Å². The van der Waals surface area contributed by atoms with Crippen LogP contribution in [-0.4, -0.2) is 35.7 Å². The molecule has 0 spiro atoms. The van der Waals surface area contributed by atoms with E-state index >= 15 is 0 Å². The lowest BCUT2D eigenvalue weighted by Gasteiger charge is -2.22. The number of nitrogens with zero attached hydrogens (tertiary/aromatic N) is 2. The van der Waals surface area contributed by atoms with Crippen LogP contribution in [0.5, 0.6) is 0 Å². The number of pyridine rings is 1. The molecule has 0 radical (unpaired) electrons. The van der Waals surface area contributed by atoms with Crippen LogP contribution >= 0.6 is 0 Å². The SMILES string of the molecule is CC1CN(Cc2ncccc2CN)CCCO1. The highest BCUT2D eigenvalue weighted by Crippen LogP contribution is 2.12. The second-order valence-corrected chi connectivity index (χ2v) is 4.58. The van der Waals surface area contributed by atoms with E-state index in [1.54, 1.807) is 0 Å². The van der Waals surface area contributed by atoms with Gasteiger partial charge in [-0.3, -0.25) is 9.88 Å². The van der Waals surface area contributed by atoms with Gasteiger partial charge in [0.25, 0.3) is 0 Å². The molecule has 0 amide bonds. The first-order chi connectivity index (χ1) is 8.29. The molecule has 0 bridgehead atoms. The molecule has 1 aromatic rings. The van der Waals surface area contributed by atoms with Gasteiger partial charge in [-0.2, -0.15) is 0 Å². The summed E-state index contributed by atoms with van der Waals surface area (Å²) in [6.07, 6.45) is 3.24. The van der Waals surface area contributed by atoms with Crippen LogP contribution in [0, 0.1) is 0 Å². The molecule has 2 heterocycles. The fourth-order valence-corrected chi connectivity index (χ4v) is 2.24. The smallest absolute Gasteiger partial charge is 0.0674 e. The van der Waals surface area contributed by atoms with Crippen molar-refractivity contribution in [2.45, 2.75) is 32.5 Å². The molecule has 1 aliphatic rings. The Kier molecular flexibility index (Phi) is 4.48. The van der Waals surface area contributed by atoms with Gasteiger partial charge in [-0.1, -0.05) is 6.07 Å². The Labute approximate surface area is 103 Å². The molecule has 1 aliphatic heterocycles. The Morgan fingerprint density at radius 1 is 1.59 bits per heavy atom. The van der Waals surface area contributed by atoms with Crippen LogP contribution in [0.1, 0.15) is 24.6 Å². The van der Waals surface area contributed by atoms with Crippen molar-refractivity contribution in [1.29, 1.82) is 0 Å². The van der Waals surface area contributed by atoms with E-state index in [1.807, 2.05) is 12.3 Å². The molecule has 1 fully saturated rings. The summed E-state index contributed by atoms with van der Waals surface area (Å²) in [5, 5.41) is 0. The third kappa shape index (κ3) is 3.49. The summed E-state index contributed by atoms with van der Waals surface area (Å²) >= 11 is 0. The van der Waals surface area contributed by atoms with Gasteiger partial charge in [-0.25, -0.2) is 0 Å². The zero-order valence-corrected chi connectivity index (χ0v) is 10.4. The Morgan fingerprint density at radius 2 is 2.47 bits per heavy atom. The average Bonchev–Trinajstić information content (AvgIpc) is 2.54. The van der Waals surface area contributed by atoms with Crippen molar-refractivity contribution in [2.75, 3.05) is 19.7 Å². The molecule has 1 atom stereocenters. The maximum absolute atomic E-state index is 5.73. The molecule has 94 valence electrons. The molecule has 0 aromatic carbocycles. The summed E-state index contributed by atoms with van der Waals surface area (Å²) in [5.41, 5.74) is 7.98. The molecule has 1 saturated heterocycles. The maximum Gasteiger partial charge on any atom is 0.0674 e. The van der Waals surface area contributed by atoms with Crippen molar-refractivity contribution < 1.29 is 4.74 Å². The van der Waals surface area contributed by atoms with Gasteiger partial charge in [0.05, 0.1) is 11.8 Å². The Morgan fingerprint density at radius 3 is 3.29 bits per heavy atom. The molecule has 4 heteroatoms. The molecule has 0 saturated carbocycles. The Balaban J connectivity index is 2.03. The lowest BCUT2D eigenvalue weighted by atomic mass is 10.2. The third-order valence-corrected chi connectivity index (χ3v) is 3.11. The summed E-state index contributed by atoms with van der Waals surface area (Å²) in [6.45, 7) is 6.47. The van der Waals surface area contributed by atoms with Crippen LogP contribution in [0.2, 0.25) is 0 Å². The summed E-state index contributed by atoms with van der Waals surface area (Å²) in [7, 11) is 0. The minimum Gasteiger partial charge on any atom is -0.377 e. The van der Waals surface area contributed by atoms with Gasteiger partial charge < -0.3 is 10.5 Å². The fraction of sp³-hybridized carbons (Fsp3) is 0.615. The standard InChI is InChI=1S/C13H21N3O/c1-11-9-16(6-3-7-17-11)10-13-12(8-14)4-2-5-15-13/h2,4-5,11H,3,6-10,14H2,1H3. The van der Waals surface area contributed by atoms with Crippen LogP contribution in [0.15, 0.2) is 18.3 Å². The summed E-state index contributed by atoms with van der Waals surface area (Å²) in [5.74, 6) is 0. The number of hydrogen-bond acceptors (Lipinski definition) is 4. The number of nitrogens with two attached hydrogens (primary N) is 1. The topological polar surface area (TPSA) is 51.4 Å². The molecular formula is C13H21N3O. The third-order valence-electron chi connectivity index (χ3n) is 3.11. The molecular weight excluding hydrogens is 214 g/mol. The van der Waals surface area contributed by atoms with E-state index in [1.165, 1.54) is 0 Å². The van der Waals surface area contributed by atoms with Gasteiger partial charge in [-0.15, -0.1) is 0 Å². The average molecular weight is 235 g/mol. The van der Waals surface area contributed by atoms with Gasteiger partial charge >= 0.3 is 0 Å². The maximum atomic E-state index is 5.73. The summed E-state index contributed by atoms with van der Waals surface area (Å²) in [6, 6.07) is 4.00. The number of aromatic nitrogens is 1. The van der Waals surface area contributed by atoms with Crippen molar-refractivity contribution in [3.63, 3.8) is 0 Å². The molecule has 1 aromatic heterocycles. The highest BCUT2D eigenvalue weighted by atomic mass is 16.5. The van der Waals surface area contributed by atoms with E-state index in [4.69, 9.17) is 10.5 Å². The van der Waals surface area contributed by atoms with Crippen LogP contribution in [0.3, 0.4) is 0 Å². The zero-order chi connectivity index (χ0) is 12.1. The largest absolute Gasteiger partial charge is 0.377 e. The lowest BCUT2D eigenvalue weighted by molar-refractivity contribution is 0.0666. The van der Waals surface area contributed by atoms with E-state index in [9.17, 15) is 0 Å². The van der Waals surface area contributed by atoms with Crippen molar-refractivity contribution in [3.05, 3.63) is 29.6 Å². The predicted molar refractivity (Wildman–Crippen MR) is 67.4 cm³/mol. The molecule has 2 N–H and O–H groups in total. The van der Waals surface area contributed by atoms with Crippen LogP contribution in [0.25, 0.3) is 0 Å². The normalized spacial score (nSPS) is 22.4. The Hall–Kier alpha value is -0.970. The fourth-order valence-electron chi connectivity index (χ4n) is 2.24. The van der Waals surface area contributed by atoms with E-state index in [0.29, 0.717) is 12.6 Å². The molecule has 1 unspecified atom stereocenters. The van der Waals surface area contributed by atoms with Crippen LogP contribution in [-0.2, 0) is 17.8 Å². The van der Waals surface area contributed by atoms with Gasteiger partial charge in [-0.05, 0) is 25.0 Å². The second-order valence-electron chi connectivity index (χ2n) is 4.58. The minimum atomic E-state index is 0.308. The van der Waals surface area contributed by atoms with E-state index < -0.39 is 0 Å². The molecule has 4 nitrogen and oxygen atoms in total. The monoisotopic (exact) mass is 235 g/mol. The molecule has 17 heavy (non-hydrogen) atoms. The number of rotatable bonds is 3. The summed E-state index contributed by atoms with van der Waals surface area (Å²) < 4.78 is 5.64. The quantitative estimate of drug-likeness (QED) is 0.854. The van der Waals surface area contributed by atoms with Crippen LogP contribution in [0.4, 0.5) is 0 Å². The first kappa shape index (κ1) is 12.5. The highest BCUT2D eigenvalue weighted by Gasteiger charge is 2.16. The number of ether oxygens (including phenoxy) is 1. The van der Waals surface area contributed by atoms with E-state index in [2.05, 4.69) is 22.9 Å². The minimum absolute atomic E-state index is 0.308. The lowest BCUT2D eigenvalue weighted by Crippen LogP contribution is -2.30. The van der Waals surface area contributed by atoms with Crippen LogP contribution < -0.4 is 5.73 Å². The molecule has 0 aliphatic carbocycles. The second kappa shape index (κ2) is 6.10. The van der Waals surface area contributed by atoms with Gasteiger partial charge in [0.15, 0.2) is 0 Å². The van der Waals surface area contributed by atoms with Crippen molar-refractivity contribution in [3.8, 4) is 0 Å². The summed E-state index contributed by atoms with van der Waals surface area (Å²) in [4.78, 5) is 6.84. The Bertz CT molecular complexity index is 356. The highest BCUT2D eigenvalue weighted by molar-refractivity contribution is 5.19. The van der Waals surface area contributed by atoms with Crippen molar-refractivity contribution in [1.82, 2.24) is 9.88 Å². The molecule has 2 rings (SSSR count).